The quantitative estimate of drug-likeness (QED) is 0.508. The van der Waals surface area contributed by atoms with Gasteiger partial charge in [0.2, 0.25) is 0 Å². The Kier molecular flexibility index (Phi) is 5.39. The molecule has 8 heteroatoms. The van der Waals surface area contributed by atoms with Gasteiger partial charge < -0.3 is 11.1 Å². The zero-order valence-corrected chi connectivity index (χ0v) is 17.6. The number of benzene rings is 2. The van der Waals surface area contributed by atoms with Crippen LogP contribution in [0.4, 0.5) is 5.69 Å². The summed E-state index contributed by atoms with van der Waals surface area (Å²) in [4.78, 5) is 29.1. The number of amides is 2. The highest BCUT2D eigenvalue weighted by Gasteiger charge is 2.19. The summed E-state index contributed by atoms with van der Waals surface area (Å²) in [7, 11) is 0. The van der Waals surface area contributed by atoms with Gasteiger partial charge in [-0.25, -0.2) is 4.98 Å². The molecule has 0 aliphatic rings. The number of pyridine rings is 1. The molecule has 3 N–H and O–H groups in total. The molecule has 0 fully saturated rings. The molecule has 0 spiro atoms. The fraction of sp³-hybridized carbons (Fsp3) is 0.125. The molecular formula is C24H20N6O2. The highest BCUT2D eigenvalue weighted by molar-refractivity contribution is 6.14. The summed E-state index contributed by atoms with van der Waals surface area (Å²) in [5, 5.41) is 17.1. The molecule has 4 rings (SSSR count). The van der Waals surface area contributed by atoms with Crippen molar-refractivity contribution in [1.29, 1.82) is 5.26 Å². The summed E-state index contributed by atoms with van der Waals surface area (Å²) in [5.41, 5.74) is 9.88. The van der Waals surface area contributed by atoms with E-state index in [2.05, 4.69) is 21.5 Å². The summed E-state index contributed by atoms with van der Waals surface area (Å²) >= 11 is 0. The number of hydrogen-bond donors (Lipinski definition) is 2. The van der Waals surface area contributed by atoms with Crippen molar-refractivity contribution >= 4 is 28.4 Å². The van der Waals surface area contributed by atoms with E-state index in [-0.39, 0.29) is 11.6 Å². The first-order valence-electron chi connectivity index (χ1n) is 9.91. The van der Waals surface area contributed by atoms with E-state index < -0.39 is 5.91 Å². The molecule has 0 bridgehead atoms. The lowest BCUT2D eigenvalue weighted by Crippen LogP contribution is -2.18. The first-order valence-corrected chi connectivity index (χ1v) is 9.91. The van der Waals surface area contributed by atoms with Gasteiger partial charge in [-0.1, -0.05) is 30.3 Å². The van der Waals surface area contributed by atoms with Crippen LogP contribution in [0.1, 0.15) is 43.4 Å². The lowest BCUT2D eigenvalue weighted by Gasteiger charge is -2.10. The summed E-state index contributed by atoms with van der Waals surface area (Å²) < 4.78 is 1.80. The number of nitrogens with one attached hydrogen (secondary N) is 1. The number of carbonyl (C=O) groups is 2. The summed E-state index contributed by atoms with van der Waals surface area (Å²) in [6.07, 6.45) is 0. The number of aryl methyl sites for hydroxylation is 1. The zero-order chi connectivity index (χ0) is 22.8. The SMILES string of the molecule is Cc1nn(Cc2ccc(C#N)cc2)c(C)c1NC(=O)c1cc(C(N)=O)nc2ccccc12. The molecule has 0 saturated carbocycles. The van der Waals surface area contributed by atoms with Gasteiger partial charge in [0.15, 0.2) is 0 Å². The molecule has 2 amide bonds. The van der Waals surface area contributed by atoms with Crippen LogP contribution in [-0.4, -0.2) is 26.6 Å². The summed E-state index contributed by atoms with van der Waals surface area (Å²) in [6, 6.07) is 17.9. The Morgan fingerprint density at radius 3 is 2.53 bits per heavy atom. The smallest absolute Gasteiger partial charge is 0.267 e. The van der Waals surface area contributed by atoms with Crippen molar-refractivity contribution in [2.45, 2.75) is 20.4 Å². The van der Waals surface area contributed by atoms with Gasteiger partial charge in [-0.3, -0.25) is 14.3 Å². The van der Waals surface area contributed by atoms with E-state index in [9.17, 15) is 9.59 Å². The molecule has 32 heavy (non-hydrogen) atoms. The second-order valence-electron chi connectivity index (χ2n) is 7.40. The number of carbonyl (C=O) groups excluding carboxylic acids is 2. The van der Waals surface area contributed by atoms with Crippen LogP contribution in [0.2, 0.25) is 0 Å². The van der Waals surface area contributed by atoms with Crippen LogP contribution in [-0.2, 0) is 6.54 Å². The van der Waals surface area contributed by atoms with Gasteiger partial charge in [0.1, 0.15) is 5.69 Å². The number of nitriles is 1. The van der Waals surface area contributed by atoms with Crippen molar-refractivity contribution in [1.82, 2.24) is 14.8 Å². The van der Waals surface area contributed by atoms with E-state index in [1.807, 2.05) is 26.0 Å². The number of primary amides is 1. The van der Waals surface area contributed by atoms with Crippen molar-refractivity contribution in [2.75, 3.05) is 5.32 Å². The van der Waals surface area contributed by atoms with Crippen molar-refractivity contribution in [2.24, 2.45) is 5.73 Å². The van der Waals surface area contributed by atoms with E-state index in [4.69, 9.17) is 11.0 Å². The van der Waals surface area contributed by atoms with Crippen molar-refractivity contribution in [3.63, 3.8) is 0 Å². The molecule has 0 aliphatic carbocycles. The number of nitrogens with two attached hydrogens (primary N) is 1. The van der Waals surface area contributed by atoms with Crippen molar-refractivity contribution in [3.8, 4) is 6.07 Å². The number of para-hydroxylation sites is 1. The van der Waals surface area contributed by atoms with Gasteiger partial charge in [0.25, 0.3) is 11.8 Å². The maximum atomic E-state index is 13.2. The third-order valence-corrected chi connectivity index (χ3v) is 5.25. The lowest BCUT2D eigenvalue weighted by molar-refractivity contribution is 0.0996. The van der Waals surface area contributed by atoms with E-state index in [0.717, 1.165) is 11.3 Å². The van der Waals surface area contributed by atoms with Crippen molar-refractivity contribution < 1.29 is 9.59 Å². The van der Waals surface area contributed by atoms with Gasteiger partial charge in [-0.05, 0) is 43.7 Å². The molecule has 0 radical (unpaired) electrons. The fourth-order valence-electron chi connectivity index (χ4n) is 3.56. The minimum Gasteiger partial charge on any atom is -0.364 e. The molecule has 0 saturated heterocycles. The molecule has 158 valence electrons. The molecule has 2 aromatic carbocycles. The van der Waals surface area contributed by atoms with Crippen LogP contribution < -0.4 is 11.1 Å². The molecule has 2 aromatic heterocycles. The Labute approximate surface area is 184 Å². The minimum absolute atomic E-state index is 0.0267. The molecule has 0 unspecified atom stereocenters. The van der Waals surface area contributed by atoms with Crippen molar-refractivity contribution in [3.05, 3.63) is 88.4 Å². The third-order valence-electron chi connectivity index (χ3n) is 5.25. The first kappa shape index (κ1) is 20.8. The average molecular weight is 424 g/mol. The standard InChI is InChI=1S/C24H20N6O2/c1-14-22(15(2)30(29-14)13-17-9-7-16(12-25)8-10-17)28-24(32)19-11-21(23(26)31)27-20-6-4-3-5-18(19)20/h3-11H,13H2,1-2H3,(H2,26,31)(H,28,32). The maximum absolute atomic E-state index is 13.2. The second kappa shape index (κ2) is 8.32. The van der Waals surface area contributed by atoms with Crippen LogP contribution in [0.15, 0.2) is 54.6 Å². The summed E-state index contributed by atoms with van der Waals surface area (Å²) in [5.74, 6) is -1.08. The number of rotatable bonds is 5. The average Bonchev–Trinajstić information content (AvgIpc) is 3.06. The normalized spacial score (nSPS) is 10.7. The Balaban J connectivity index is 1.66. The van der Waals surface area contributed by atoms with Crippen LogP contribution in [0.3, 0.4) is 0 Å². The minimum atomic E-state index is -0.701. The fourth-order valence-corrected chi connectivity index (χ4v) is 3.56. The molecule has 0 atom stereocenters. The number of anilines is 1. The molecule has 0 aliphatic heterocycles. The van der Waals surface area contributed by atoms with Gasteiger partial charge in [-0.2, -0.15) is 10.4 Å². The van der Waals surface area contributed by atoms with Gasteiger partial charge in [-0.15, -0.1) is 0 Å². The molecule has 2 heterocycles. The molecule has 4 aromatic rings. The first-order chi connectivity index (χ1) is 15.4. The van der Waals surface area contributed by atoms with Crippen LogP contribution >= 0.6 is 0 Å². The second-order valence-corrected chi connectivity index (χ2v) is 7.40. The van der Waals surface area contributed by atoms with E-state index in [1.54, 1.807) is 41.1 Å². The predicted octanol–water partition coefficient (Wildman–Crippen LogP) is 3.32. The van der Waals surface area contributed by atoms with Crippen LogP contribution in [0.25, 0.3) is 10.9 Å². The third kappa shape index (κ3) is 3.91. The van der Waals surface area contributed by atoms with Crippen LogP contribution in [0, 0.1) is 25.2 Å². The lowest BCUT2D eigenvalue weighted by atomic mass is 10.1. The highest BCUT2D eigenvalue weighted by Crippen LogP contribution is 2.24. The van der Waals surface area contributed by atoms with E-state index in [0.29, 0.717) is 40.0 Å². The molecule has 8 nitrogen and oxygen atoms in total. The Morgan fingerprint density at radius 1 is 1.12 bits per heavy atom. The van der Waals surface area contributed by atoms with Gasteiger partial charge in [0.05, 0.1) is 46.3 Å². The summed E-state index contributed by atoms with van der Waals surface area (Å²) in [6.45, 7) is 4.19. The highest BCUT2D eigenvalue weighted by atomic mass is 16.2. The van der Waals surface area contributed by atoms with Crippen LogP contribution in [0.5, 0.6) is 0 Å². The monoisotopic (exact) mass is 424 g/mol. The number of nitrogens with zero attached hydrogens (tertiary/aromatic N) is 4. The Bertz CT molecular complexity index is 1400. The number of fused-ring (bicyclic) bond motifs is 1. The largest absolute Gasteiger partial charge is 0.364 e. The van der Waals surface area contributed by atoms with Gasteiger partial charge >= 0.3 is 0 Å². The Morgan fingerprint density at radius 2 is 1.84 bits per heavy atom. The maximum Gasteiger partial charge on any atom is 0.267 e. The van der Waals surface area contributed by atoms with E-state index in [1.165, 1.54) is 6.07 Å². The zero-order valence-electron chi connectivity index (χ0n) is 17.6. The number of aromatic nitrogens is 3. The number of hydrogen-bond acceptors (Lipinski definition) is 5. The predicted molar refractivity (Wildman–Crippen MR) is 120 cm³/mol. The molecular weight excluding hydrogens is 404 g/mol. The van der Waals surface area contributed by atoms with Gasteiger partial charge in [0, 0.05) is 5.39 Å². The van der Waals surface area contributed by atoms with E-state index >= 15 is 0 Å². The Hall–Kier alpha value is -4.51. The topological polar surface area (TPSA) is 127 Å².